The lowest BCUT2D eigenvalue weighted by atomic mass is 10.3. The van der Waals surface area contributed by atoms with Gasteiger partial charge >= 0.3 is 0 Å². The average molecular weight is 261 g/mol. The molecule has 6 heteroatoms. The van der Waals surface area contributed by atoms with Crippen molar-refractivity contribution in [1.29, 1.82) is 0 Å². The molecule has 0 amide bonds. The Labute approximate surface area is 99.8 Å². The highest BCUT2D eigenvalue weighted by atomic mass is 35.5. The van der Waals surface area contributed by atoms with E-state index in [-0.39, 0.29) is 16.1 Å². The van der Waals surface area contributed by atoms with Gasteiger partial charge in [0, 0.05) is 10.6 Å². The fraction of sp³-hybridized carbons (Fsp3) is 0.400. The number of rotatable bonds is 3. The van der Waals surface area contributed by atoms with E-state index >= 15 is 0 Å². The molecule has 0 heterocycles. The van der Waals surface area contributed by atoms with Gasteiger partial charge in [0.25, 0.3) is 0 Å². The summed E-state index contributed by atoms with van der Waals surface area (Å²) in [5.74, 6) is 0. The minimum atomic E-state index is -3.57. The lowest BCUT2D eigenvalue weighted by molar-refractivity contribution is 0.558. The van der Waals surface area contributed by atoms with Crippen LogP contribution in [0.25, 0.3) is 0 Å². The van der Waals surface area contributed by atoms with Crippen LogP contribution < -0.4 is 10.5 Å². The molecule has 0 bridgehead atoms. The van der Waals surface area contributed by atoms with E-state index in [9.17, 15) is 8.42 Å². The lowest BCUT2D eigenvalue weighted by Crippen LogP contribution is -2.34. The Morgan fingerprint density at radius 3 is 2.62 bits per heavy atom. The van der Waals surface area contributed by atoms with Crippen molar-refractivity contribution < 1.29 is 8.42 Å². The zero-order valence-electron chi connectivity index (χ0n) is 8.83. The summed E-state index contributed by atoms with van der Waals surface area (Å²) in [7, 11) is -3.57. The molecule has 1 aliphatic rings. The molecule has 0 spiro atoms. The first-order valence-corrected chi connectivity index (χ1v) is 6.78. The Bertz CT molecular complexity index is 524. The van der Waals surface area contributed by atoms with Crippen LogP contribution in [-0.2, 0) is 10.0 Å². The third-order valence-electron chi connectivity index (χ3n) is 2.65. The quantitative estimate of drug-likeness (QED) is 0.814. The van der Waals surface area contributed by atoms with Crippen molar-refractivity contribution >= 4 is 27.3 Å². The average Bonchev–Trinajstić information content (AvgIpc) is 2.86. The third kappa shape index (κ3) is 2.31. The number of sulfonamides is 1. The summed E-state index contributed by atoms with van der Waals surface area (Å²) >= 11 is 5.76. The smallest absolute Gasteiger partial charge is 0.243 e. The monoisotopic (exact) mass is 260 g/mol. The molecule has 0 saturated heterocycles. The molecular weight excluding hydrogens is 248 g/mol. The second-order valence-corrected chi connectivity index (χ2v) is 6.44. The van der Waals surface area contributed by atoms with Crippen LogP contribution in [0.3, 0.4) is 0 Å². The molecule has 1 aromatic rings. The van der Waals surface area contributed by atoms with Crippen molar-refractivity contribution in [3.8, 4) is 0 Å². The second kappa shape index (κ2) is 3.61. The molecule has 2 rings (SSSR count). The maximum absolute atomic E-state index is 12.0. The summed E-state index contributed by atoms with van der Waals surface area (Å²) in [6.07, 6.45) is 1.71. The molecule has 88 valence electrons. The zero-order chi connectivity index (χ0) is 12.0. The van der Waals surface area contributed by atoms with E-state index < -0.39 is 10.0 Å². The number of hydrogen-bond acceptors (Lipinski definition) is 3. The van der Waals surface area contributed by atoms with Crippen molar-refractivity contribution in [1.82, 2.24) is 4.72 Å². The van der Waals surface area contributed by atoms with Gasteiger partial charge in [0.2, 0.25) is 10.0 Å². The zero-order valence-corrected chi connectivity index (χ0v) is 10.4. The van der Waals surface area contributed by atoms with E-state index in [0.717, 1.165) is 12.8 Å². The van der Waals surface area contributed by atoms with Crippen molar-refractivity contribution in [3.05, 3.63) is 23.2 Å². The van der Waals surface area contributed by atoms with Crippen molar-refractivity contribution in [3.63, 3.8) is 0 Å². The number of hydrogen-bond donors (Lipinski definition) is 2. The van der Waals surface area contributed by atoms with Crippen LogP contribution in [0.1, 0.15) is 19.8 Å². The van der Waals surface area contributed by atoms with Crippen LogP contribution >= 0.6 is 11.6 Å². The van der Waals surface area contributed by atoms with Crippen LogP contribution in [0.2, 0.25) is 5.02 Å². The Morgan fingerprint density at radius 1 is 1.44 bits per heavy atom. The summed E-state index contributed by atoms with van der Waals surface area (Å²) in [5.41, 5.74) is 5.53. The van der Waals surface area contributed by atoms with Gasteiger partial charge in [0.05, 0.1) is 5.69 Å². The second-order valence-electron chi connectivity index (χ2n) is 4.35. The summed E-state index contributed by atoms with van der Waals surface area (Å²) in [4.78, 5) is 0.0492. The molecule has 0 aliphatic heterocycles. The molecule has 0 atom stereocenters. The van der Waals surface area contributed by atoms with E-state index in [4.69, 9.17) is 17.3 Å². The predicted octanol–water partition coefficient (Wildman–Crippen LogP) is 1.75. The highest BCUT2D eigenvalue weighted by molar-refractivity contribution is 7.89. The topological polar surface area (TPSA) is 72.2 Å². The summed E-state index contributed by atoms with van der Waals surface area (Å²) in [6.45, 7) is 1.87. The van der Waals surface area contributed by atoms with Crippen LogP contribution in [0.15, 0.2) is 23.1 Å². The molecule has 1 saturated carbocycles. The number of halogens is 1. The maximum atomic E-state index is 12.0. The Morgan fingerprint density at radius 2 is 2.06 bits per heavy atom. The maximum Gasteiger partial charge on any atom is 0.243 e. The highest BCUT2D eigenvalue weighted by Gasteiger charge is 2.41. The predicted molar refractivity (Wildman–Crippen MR) is 63.8 cm³/mol. The van der Waals surface area contributed by atoms with E-state index in [1.54, 1.807) is 6.07 Å². The molecular formula is C10H13ClN2O2S. The Hall–Kier alpha value is -0.780. The molecule has 1 fully saturated rings. The number of anilines is 1. The van der Waals surface area contributed by atoms with Crippen molar-refractivity contribution in [2.24, 2.45) is 0 Å². The van der Waals surface area contributed by atoms with Crippen molar-refractivity contribution in [2.45, 2.75) is 30.2 Å². The van der Waals surface area contributed by atoms with Gasteiger partial charge in [-0.15, -0.1) is 0 Å². The first-order chi connectivity index (χ1) is 7.32. The number of nitrogens with one attached hydrogen (secondary N) is 1. The lowest BCUT2D eigenvalue weighted by Gasteiger charge is -2.13. The molecule has 1 aromatic carbocycles. The first kappa shape index (κ1) is 11.7. The van der Waals surface area contributed by atoms with Crippen LogP contribution in [0, 0.1) is 0 Å². The van der Waals surface area contributed by atoms with Crippen LogP contribution in [-0.4, -0.2) is 14.0 Å². The van der Waals surface area contributed by atoms with Crippen LogP contribution in [0.4, 0.5) is 5.69 Å². The number of nitrogens with two attached hydrogens (primary N) is 1. The van der Waals surface area contributed by atoms with E-state index in [2.05, 4.69) is 4.72 Å². The number of nitrogen functional groups attached to an aromatic ring is 1. The van der Waals surface area contributed by atoms with Gasteiger partial charge in [-0.1, -0.05) is 11.6 Å². The molecule has 3 N–H and O–H groups in total. The van der Waals surface area contributed by atoms with Crippen molar-refractivity contribution in [2.75, 3.05) is 5.73 Å². The fourth-order valence-electron chi connectivity index (χ4n) is 1.41. The summed E-state index contributed by atoms with van der Waals surface area (Å²) in [5, 5.41) is 0.357. The van der Waals surface area contributed by atoms with E-state index in [0.29, 0.717) is 5.02 Å². The van der Waals surface area contributed by atoms with Gasteiger partial charge in [-0.05, 0) is 38.0 Å². The van der Waals surface area contributed by atoms with Gasteiger partial charge in [-0.2, -0.15) is 0 Å². The SMILES string of the molecule is CC1(NS(=O)(=O)c2cc(Cl)ccc2N)CC1. The van der Waals surface area contributed by atoms with Crippen LogP contribution in [0.5, 0.6) is 0 Å². The molecule has 0 aromatic heterocycles. The molecule has 1 aliphatic carbocycles. The van der Waals surface area contributed by atoms with Gasteiger partial charge in [-0.25, -0.2) is 13.1 Å². The summed E-state index contributed by atoms with van der Waals surface area (Å²) in [6, 6.07) is 4.42. The van der Waals surface area contributed by atoms with Gasteiger partial charge in [0.1, 0.15) is 4.90 Å². The van der Waals surface area contributed by atoms with Gasteiger partial charge in [-0.3, -0.25) is 0 Å². The third-order valence-corrected chi connectivity index (χ3v) is 4.58. The molecule has 0 radical (unpaired) electrons. The van der Waals surface area contributed by atoms with Gasteiger partial charge in [0.15, 0.2) is 0 Å². The Balaban J connectivity index is 2.38. The Kier molecular flexibility index (Phi) is 2.64. The molecule has 16 heavy (non-hydrogen) atoms. The summed E-state index contributed by atoms with van der Waals surface area (Å²) < 4.78 is 26.6. The normalized spacial score (nSPS) is 18.4. The standard InChI is InChI=1S/C10H13ClN2O2S/c1-10(4-5-10)13-16(14,15)9-6-7(11)2-3-8(9)12/h2-3,6,13H,4-5,12H2,1H3. The molecule has 4 nitrogen and oxygen atoms in total. The largest absolute Gasteiger partial charge is 0.398 e. The fourth-order valence-corrected chi connectivity index (χ4v) is 3.27. The van der Waals surface area contributed by atoms with E-state index in [1.165, 1.54) is 12.1 Å². The molecule has 0 unspecified atom stereocenters. The minimum absolute atomic E-state index is 0.0492. The van der Waals surface area contributed by atoms with Gasteiger partial charge < -0.3 is 5.73 Å². The van der Waals surface area contributed by atoms with E-state index in [1.807, 2.05) is 6.92 Å². The first-order valence-electron chi connectivity index (χ1n) is 4.91. The highest BCUT2D eigenvalue weighted by Crippen LogP contribution is 2.36. The minimum Gasteiger partial charge on any atom is -0.398 e. The number of benzene rings is 1.